The van der Waals surface area contributed by atoms with Gasteiger partial charge in [-0.15, -0.1) is 10.2 Å². The van der Waals surface area contributed by atoms with Gasteiger partial charge in [-0.25, -0.2) is 14.0 Å². The van der Waals surface area contributed by atoms with Gasteiger partial charge in [0, 0.05) is 42.1 Å². The van der Waals surface area contributed by atoms with E-state index in [1.54, 1.807) is 24.3 Å². The Morgan fingerprint density at radius 2 is 1.87 bits per heavy atom. The van der Waals surface area contributed by atoms with Crippen LogP contribution in [0.2, 0.25) is 5.02 Å². The molecule has 1 fully saturated rings. The number of allylic oxidation sites excluding steroid dienone is 1. The van der Waals surface area contributed by atoms with Crippen molar-refractivity contribution in [1.29, 1.82) is 0 Å². The molecule has 2 aromatic heterocycles. The van der Waals surface area contributed by atoms with Crippen molar-refractivity contribution < 1.29 is 22.7 Å². The van der Waals surface area contributed by atoms with E-state index in [1.807, 2.05) is 61.7 Å². The second kappa shape index (κ2) is 17.2. The molecule has 6 rings (SSSR count). The van der Waals surface area contributed by atoms with Gasteiger partial charge in [-0.05, 0) is 74.4 Å². The van der Waals surface area contributed by atoms with Crippen molar-refractivity contribution in [2.24, 2.45) is 16.1 Å². The maximum absolute atomic E-state index is 13.7. The summed E-state index contributed by atoms with van der Waals surface area (Å²) in [5, 5.41) is 15.4. The van der Waals surface area contributed by atoms with Gasteiger partial charge >= 0.3 is 6.03 Å². The van der Waals surface area contributed by atoms with E-state index in [0.29, 0.717) is 41.0 Å². The van der Waals surface area contributed by atoms with Crippen LogP contribution >= 0.6 is 11.6 Å². The van der Waals surface area contributed by atoms with Gasteiger partial charge in [-0.2, -0.15) is 0 Å². The summed E-state index contributed by atoms with van der Waals surface area (Å²) >= 11 is 4.96. The lowest BCUT2D eigenvalue weighted by atomic mass is 9.85. The molecule has 1 saturated heterocycles. The number of benzene rings is 2. The van der Waals surface area contributed by atoms with Gasteiger partial charge in [-0.1, -0.05) is 56.6 Å². The Morgan fingerprint density at radius 1 is 1.07 bits per heavy atom. The van der Waals surface area contributed by atoms with Crippen molar-refractivity contribution in [1.82, 2.24) is 25.2 Å². The fraction of sp³-hybridized carbons (Fsp3) is 0.436. The molecule has 3 heterocycles. The molecule has 4 N–H and O–H groups in total. The summed E-state index contributed by atoms with van der Waals surface area (Å²) in [6, 6.07) is 16.6. The monoisotopic (exact) mass is 776 g/mol. The molecular formula is C39H49ClN8O5S. The summed E-state index contributed by atoms with van der Waals surface area (Å²) in [5.41, 5.74) is 9.84. The zero-order chi connectivity index (χ0) is 38.4. The number of halogens is 1. The average Bonchev–Trinajstić information content (AvgIpc) is 3.55. The summed E-state index contributed by atoms with van der Waals surface area (Å²) in [7, 11) is 0. The highest BCUT2D eigenvalue weighted by atomic mass is 35.5. The third-order valence-corrected chi connectivity index (χ3v) is 10.4. The fourth-order valence-electron chi connectivity index (χ4n) is 6.59. The number of hydrogen-bond acceptors (Lipinski definition) is 10. The number of nitrogens with zero attached hydrogens (tertiary/aromatic N) is 5. The quantitative estimate of drug-likeness (QED) is 0.0807. The average molecular weight is 777 g/mol. The van der Waals surface area contributed by atoms with Crippen LogP contribution in [0.4, 0.5) is 16.4 Å². The van der Waals surface area contributed by atoms with Gasteiger partial charge < -0.3 is 25.4 Å². The summed E-state index contributed by atoms with van der Waals surface area (Å²) < 4.78 is 30.7. The van der Waals surface area contributed by atoms with E-state index in [-0.39, 0.29) is 36.6 Å². The van der Waals surface area contributed by atoms with Crippen molar-refractivity contribution in [2.45, 2.75) is 78.0 Å². The molecule has 0 spiro atoms. The first kappa shape index (κ1) is 39.0. The highest BCUT2D eigenvalue weighted by Gasteiger charge is 2.30. The van der Waals surface area contributed by atoms with Gasteiger partial charge in [0.15, 0.2) is 16.7 Å². The van der Waals surface area contributed by atoms with Crippen molar-refractivity contribution in [2.75, 3.05) is 30.9 Å². The number of piperidine rings is 1. The molecule has 54 heavy (non-hydrogen) atoms. The standard InChI is InChI=1S/C39H49ClN8O5S/c1-25-10-8-9-19-47(25)38-46-45-36-18-14-27(24-48(36)38)53-32-17-16-31(28-11-6-7-12-29(28)32)43-37(49)44-35(23-34(41)39(2,3)4)42-26-13-15-30(40)33(22-26)51-20-21-52-54(5)50/h6-7,11-15,18,22-25,31-32H,8-10,16-17,19-21,41H2,1-5H3,(H2,42,43,44,49)/t25-,31?,32+,54?/m0/s1. The number of aromatic nitrogens is 3. The molecule has 15 heteroatoms. The fourth-order valence-corrected chi connectivity index (χ4v) is 7.07. The first-order chi connectivity index (χ1) is 25.9. The second-order valence-electron chi connectivity index (χ2n) is 14.6. The van der Waals surface area contributed by atoms with E-state index in [2.05, 4.69) is 38.7 Å². The first-order valence-corrected chi connectivity index (χ1v) is 20.1. The van der Waals surface area contributed by atoms with Gasteiger partial charge in [0.25, 0.3) is 0 Å². The Kier molecular flexibility index (Phi) is 12.4. The molecule has 4 atom stereocenters. The smallest absolute Gasteiger partial charge is 0.320 e. The SMILES string of the molecule is C[C@H]1CCCCN1c1nnc2ccc(O[C@@H]3CCC(NC(=O)NC(C=C(N)C(C)(C)C)=Nc4ccc(Cl)c(OCCOS(C)=O)c4)c4ccccc43)cn12. The van der Waals surface area contributed by atoms with Crippen molar-refractivity contribution in [3.05, 3.63) is 88.7 Å². The zero-order valence-corrected chi connectivity index (χ0v) is 33.0. The number of carbonyl (C=O) groups excluding carboxylic acids is 1. The Labute approximate surface area is 324 Å². The molecule has 1 aliphatic carbocycles. The van der Waals surface area contributed by atoms with Crippen LogP contribution in [0.25, 0.3) is 5.65 Å². The minimum absolute atomic E-state index is 0.125. The Hall–Kier alpha value is -4.66. The molecule has 1 aliphatic heterocycles. The lowest BCUT2D eigenvalue weighted by Gasteiger charge is -2.33. The third kappa shape index (κ3) is 9.71. The van der Waals surface area contributed by atoms with Crippen LogP contribution in [0.1, 0.15) is 83.1 Å². The van der Waals surface area contributed by atoms with Crippen LogP contribution in [-0.4, -0.2) is 62.7 Å². The molecule has 13 nitrogen and oxygen atoms in total. The normalized spacial score (nSPS) is 20.0. The zero-order valence-electron chi connectivity index (χ0n) is 31.4. The minimum atomic E-state index is -1.40. The summed E-state index contributed by atoms with van der Waals surface area (Å²) in [4.78, 5) is 20.7. The Bertz CT molecular complexity index is 2050. The molecular weight excluding hydrogens is 728 g/mol. The summed E-state index contributed by atoms with van der Waals surface area (Å²) in [5.74, 6) is 2.17. The number of amides is 2. The van der Waals surface area contributed by atoms with E-state index >= 15 is 0 Å². The molecule has 288 valence electrons. The van der Waals surface area contributed by atoms with Gasteiger partial charge in [0.2, 0.25) is 5.95 Å². The number of fused-ring (bicyclic) bond motifs is 2. The maximum atomic E-state index is 13.7. The van der Waals surface area contributed by atoms with E-state index in [0.717, 1.165) is 47.9 Å². The number of pyridine rings is 1. The van der Waals surface area contributed by atoms with Crippen LogP contribution in [0.3, 0.4) is 0 Å². The largest absolute Gasteiger partial charge is 0.489 e. The molecule has 0 radical (unpaired) electrons. The predicted molar refractivity (Wildman–Crippen MR) is 213 cm³/mol. The first-order valence-electron chi connectivity index (χ1n) is 18.3. The van der Waals surface area contributed by atoms with Gasteiger partial charge in [0.05, 0.1) is 29.6 Å². The molecule has 2 aliphatic rings. The van der Waals surface area contributed by atoms with Crippen molar-refractivity contribution in [3.8, 4) is 11.5 Å². The molecule has 4 aromatic rings. The molecule has 2 unspecified atom stereocenters. The van der Waals surface area contributed by atoms with Crippen LogP contribution in [0, 0.1) is 5.41 Å². The van der Waals surface area contributed by atoms with E-state index in [9.17, 15) is 9.00 Å². The number of ether oxygens (including phenoxy) is 2. The number of aliphatic imine (C=N–C) groups is 1. The molecule has 2 aromatic carbocycles. The van der Waals surface area contributed by atoms with E-state index < -0.39 is 17.1 Å². The summed E-state index contributed by atoms with van der Waals surface area (Å²) in [6.45, 7) is 9.39. The van der Waals surface area contributed by atoms with Crippen LogP contribution in [0.15, 0.2) is 77.6 Å². The number of nitrogens with one attached hydrogen (secondary N) is 2. The number of amidine groups is 1. The Balaban J connectivity index is 1.18. The number of carbonyl (C=O) groups is 1. The summed E-state index contributed by atoms with van der Waals surface area (Å²) in [6.07, 6.45) is 9.69. The number of rotatable bonds is 11. The second-order valence-corrected chi connectivity index (χ2v) is 16.1. The van der Waals surface area contributed by atoms with Crippen LogP contribution in [0.5, 0.6) is 11.5 Å². The predicted octanol–water partition coefficient (Wildman–Crippen LogP) is 7.32. The van der Waals surface area contributed by atoms with E-state index in [1.165, 1.54) is 12.7 Å². The highest BCUT2D eigenvalue weighted by molar-refractivity contribution is 7.79. The van der Waals surface area contributed by atoms with Crippen molar-refractivity contribution in [3.63, 3.8) is 0 Å². The molecule has 0 saturated carbocycles. The van der Waals surface area contributed by atoms with Gasteiger partial charge in [0.1, 0.15) is 30.0 Å². The van der Waals surface area contributed by atoms with Crippen LogP contribution < -0.4 is 30.7 Å². The third-order valence-electron chi connectivity index (χ3n) is 9.59. The maximum Gasteiger partial charge on any atom is 0.320 e. The lowest BCUT2D eigenvalue weighted by molar-refractivity contribution is 0.171. The van der Waals surface area contributed by atoms with E-state index in [4.69, 9.17) is 36.0 Å². The number of urea groups is 1. The van der Waals surface area contributed by atoms with Gasteiger partial charge in [-0.3, -0.25) is 13.9 Å². The topological polar surface area (TPSA) is 158 Å². The lowest BCUT2D eigenvalue weighted by Crippen LogP contribution is -2.42. The van der Waals surface area contributed by atoms with Crippen LogP contribution in [-0.2, 0) is 15.3 Å². The highest BCUT2D eigenvalue weighted by Crippen LogP contribution is 2.39. The van der Waals surface area contributed by atoms with Crippen molar-refractivity contribution >= 4 is 51.8 Å². The number of nitrogens with two attached hydrogens (primary N) is 1. The molecule has 0 bridgehead atoms. The number of hydrogen-bond donors (Lipinski definition) is 3. The number of anilines is 1. The minimum Gasteiger partial charge on any atom is -0.489 e. The Morgan fingerprint density at radius 3 is 2.63 bits per heavy atom. The molecule has 2 amide bonds.